The zero-order chi connectivity index (χ0) is 25.6. The van der Waals surface area contributed by atoms with Crippen LogP contribution in [0, 0.1) is 0 Å². The number of rotatable bonds is 5. The number of anilines is 1. The van der Waals surface area contributed by atoms with Gasteiger partial charge in [-0.2, -0.15) is 0 Å². The lowest BCUT2D eigenvalue weighted by Gasteiger charge is -2.42. The van der Waals surface area contributed by atoms with Crippen molar-refractivity contribution in [1.29, 1.82) is 0 Å². The number of carbonyl (C=O) groups is 1. The number of halogens is 1. The van der Waals surface area contributed by atoms with E-state index in [0.29, 0.717) is 24.5 Å². The van der Waals surface area contributed by atoms with E-state index in [4.69, 9.17) is 11.6 Å². The van der Waals surface area contributed by atoms with Crippen molar-refractivity contribution >= 4 is 23.3 Å². The second-order valence-corrected chi connectivity index (χ2v) is 11.6. The Hall–Kier alpha value is -2.22. The highest BCUT2D eigenvalue weighted by Gasteiger charge is 2.46. The maximum atomic E-state index is 14.2. The lowest BCUT2D eigenvalue weighted by molar-refractivity contribution is -0.135. The zero-order valence-electron chi connectivity index (χ0n) is 21.8. The summed E-state index contributed by atoms with van der Waals surface area (Å²) in [6, 6.07) is 8.02. The number of hydrogen-bond donors (Lipinski definition) is 1. The topological polar surface area (TPSA) is 72.8 Å². The van der Waals surface area contributed by atoms with E-state index in [1.54, 1.807) is 6.33 Å². The predicted octanol–water partition coefficient (Wildman–Crippen LogP) is 4.37. The molecule has 0 bridgehead atoms. The van der Waals surface area contributed by atoms with Crippen molar-refractivity contribution in [2.45, 2.75) is 76.5 Å². The van der Waals surface area contributed by atoms with E-state index in [2.05, 4.69) is 47.5 Å². The highest BCUT2D eigenvalue weighted by atomic mass is 35.5. The number of benzene rings is 1. The maximum Gasteiger partial charge on any atom is 0.231 e. The van der Waals surface area contributed by atoms with E-state index >= 15 is 0 Å². The number of aromatic nitrogens is 2. The Bertz CT molecular complexity index is 1100. The van der Waals surface area contributed by atoms with Gasteiger partial charge in [-0.3, -0.25) is 9.69 Å². The molecule has 2 aliphatic heterocycles. The molecule has 2 saturated heterocycles. The zero-order valence-corrected chi connectivity index (χ0v) is 22.6. The van der Waals surface area contributed by atoms with Gasteiger partial charge in [0.15, 0.2) is 0 Å². The SMILES string of the molecule is CCN1[C@H]([C@@H](C(=O)N2CCN(c3ncnc4c3[C@H](C)C[C@@H]4O)CC2)c2ccc(Cl)cc2)CCC1(C)C. The van der Waals surface area contributed by atoms with Crippen molar-refractivity contribution < 1.29 is 9.90 Å². The van der Waals surface area contributed by atoms with Gasteiger partial charge >= 0.3 is 0 Å². The third kappa shape index (κ3) is 4.50. The molecule has 3 heterocycles. The fourth-order valence-corrected chi connectivity index (χ4v) is 6.87. The molecular weight excluding hydrogens is 474 g/mol. The molecule has 4 atom stereocenters. The Morgan fingerprint density at radius 3 is 2.53 bits per heavy atom. The Balaban J connectivity index is 1.37. The van der Waals surface area contributed by atoms with E-state index in [1.807, 2.05) is 29.2 Å². The van der Waals surface area contributed by atoms with Crippen LogP contribution < -0.4 is 4.90 Å². The summed E-state index contributed by atoms with van der Waals surface area (Å²) in [6.45, 7) is 12.6. The quantitative estimate of drug-likeness (QED) is 0.642. The Labute approximate surface area is 219 Å². The minimum absolute atomic E-state index is 0.0811. The third-order valence-electron chi connectivity index (χ3n) is 8.62. The molecule has 194 valence electrons. The Morgan fingerprint density at radius 1 is 1.17 bits per heavy atom. The largest absolute Gasteiger partial charge is 0.387 e. The van der Waals surface area contributed by atoms with Crippen molar-refractivity contribution in [3.05, 3.63) is 52.4 Å². The van der Waals surface area contributed by atoms with Crippen LogP contribution in [0.5, 0.6) is 0 Å². The minimum atomic E-state index is -0.517. The molecule has 2 aromatic rings. The van der Waals surface area contributed by atoms with Gasteiger partial charge in [0.25, 0.3) is 0 Å². The van der Waals surface area contributed by atoms with Gasteiger partial charge in [0.1, 0.15) is 12.1 Å². The van der Waals surface area contributed by atoms with E-state index in [9.17, 15) is 9.90 Å². The lowest BCUT2D eigenvalue weighted by Crippen LogP contribution is -2.54. The molecule has 5 rings (SSSR count). The van der Waals surface area contributed by atoms with E-state index in [1.165, 1.54) is 0 Å². The van der Waals surface area contributed by atoms with Crippen LogP contribution in [0.25, 0.3) is 0 Å². The summed E-state index contributed by atoms with van der Waals surface area (Å²) in [5.74, 6) is 1.13. The molecular formula is C28H38ClN5O2. The number of aliphatic hydroxyl groups excluding tert-OH is 1. The molecule has 1 aliphatic carbocycles. The van der Waals surface area contributed by atoms with Gasteiger partial charge in [0.2, 0.25) is 5.91 Å². The maximum absolute atomic E-state index is 14.2. The van der Waals surface area contributed by atoms with Crippen molar-refractivity contribution in [1.82, 2.24) is 19.8 Å². The van der Waals surface area contributed by atoms with E-state index < -0.39 is 6.10 Å². The first-order valence-electron chi connectivity index (χ1n) is 13.3. The van der Waals surface area contributed by atoms with Crippen LogP contribution in [0.3, 0.4) is 0 Å². The molecule has 0 radical (unpaired) electrons. The molecule has 1 aromatic carbocycles. The molecule has 8 heteroatoms. The van der Waals surface area contributed by atoms with Crippen LogP contribution in [-0.4, -0.2) is 75.1 Å². The smallest absolute Gasteiger partial charge is 0.231 e. The van der Waals surface area contributed by atoms with Crippen LogP contribution in [-0.2, 0) is 4.79 Å². The molecule has 2 fully saturated rings. The summed E-state index contributed by atoms with van der Waals surface area (Å²) in [6.07, 6.45) is 3.82. The van der Waals surface area contributed by atoms with Crippen molar-refractivity contribution in [3.8, 4) is 0 Å². The second kappa shape index (κ2) is 9.92. The molecule has 0 saturated carbocycles. The molecule has 1 N–H and O–H groups in total. The number of hydrogen-bond acceptors (Lipinski definition) is 6. The first-order chi connectivity index (χ1) is 17.2. The average Bonchev–Trinajstić information content (AvgIpc) is 3.34. The summed E-state index contributed by atoms with van der Waals surface area (Å²) in [4.78, 5) is 29.9. The molecule has 3 aliphatic rings. The van der Waals surface area contributed by atoms with Gasteiger partial charge in [-0.25, -0.2) is 9.97 Å². The summed E-state index contributed by atoms with van der Waals surface area (Å²) < 4.78 is 0. The van der Waals surface area contributed by atoms with Crippen LogP contribution >= 0.6 is 11.6 Å². The minimum Gasteiger partial charge on any atom is -0.387 e. The van der Waals surface area contributed by atoms with Crippen LogP contribution in [0.4, 0.5) is 5.82 Å². The fraction of sp³-hybridized carbons (Fsp3) is 0.607. The highest BCUT2D eigenvalue weighted by molar-refractivity contribution is 6.30. The van der Waals surface area contributed by atoms with Crippen LogP contribution in [0.1, 0.15) is 81.7 Å². The predicted molar refractivity (Wildman–Crippen MR) is 142 cm³/mol. The number of nitrogens with zero attached hydrogens (tertiary/aromatic N) is 5. The molecule has 1 aromatic heterocycles. The standard InChI is InChI=1S/C28H38ClN5O2/c1-5-34-21(10-11-28(34,3)4)24(19-6-8-20(29)9-7-19)27(36)33-14-12-32(13-15-33)26-23-18(2)16-22(35)25(23)30-17-31-26/h6-9,17-18,21-22,24,35H,5,10-16H2,1-4H3/t18-,21+,22+,24+/m1/s1. The summed E-state index contributed by atoms with van der Waals surface area (Å²) in [7, 11) is 0. The van der Waals surface area contributed by atoms with Crippen LogP contribution in [0.2, 0.25) is 5.02 Å². The molecule has 7 nitrogen and oxygen atoms in total. The van der Waals surface area contributed by atoms with Crippen LogP contribution in [0.15, 0.2) is 30.6 Å². The third-order valence-corrected chi connectivity index (χ3v) is 8.87. The highest BCUT2D eigenvalue weighted by Crippen LogP contribution is 2.43. The Kier molecular flexibility index (Phi) is 7.01. The number of aliphatic hydroxyl groups is 1. The monoisotopic (exact) mass is 511 g/mol. The molecule has 1 amide bonds. The number of amides is 1. The first kappa shape index (κ1) is 25.4. The van der Waals surface area contributed by atoms with Gasteiger partial charge in [-0.05, 0) is 63.3 Å². The van der Waals surface area contributed by atoms with Crippen molar-refractivity contribution in [2.75, 3.05) is 37.6 Å². The number of carbonyl (C=O) groups excluding carboxylic acids is 1. The number of piperazine rings is 1. The normalized spacial score (nSPS) is 26.8. The van der Waals surface area contributed by atoms with Gasteiger partial charge in [0.05, 0.1) is 17.7 Å². The van der Waals surface area contributed by atoms with Crippen molar-refractivity contribution in [2.24, 2.45) is 0 Å². The second-order valence-electron chi connectivity index (χ2n) is 11.2. The summed E-state index contributed by atoms with van der Waals surface area (Å²) in [5.41, 5.74) is 2.95. The van der Waals surface area contributed by atoms with Gasteiger partial charge in [-0.1, -0.05) is 37.6 Å². The van der Waals surface area contributed by atoms with Gasteiger partial charge in [0, 0.05) is 48.3 Å². The van der Waals surface area contributed by atoms with E-state index in [0.717, 1.165) is 55.1 Å². The first-order valence-corrected chi connectivity index (χ1v) is 13.7. The van der Waals surface area contributed by atoms with E-state index in [-0.39, 0.29) is 29.3 Å². The summed E-state index contributed by atoms with van der Waals surface area (Å²) >= 11 is 6.20. The molecule has 0 unspecified atom stereocenters. The average molecular weight is 512 g/mol. The number of likely N-dealkylation sites (tertiary alicyclic amines) is 1. The van der Waals surface area contributed by atoms with Gasteiger partial charge < -0.3 is 14.9 Å². The number of fused-ring (bicyclic) bond motifs is 1. The lowest BCUT2D eigenvalue weighted by atomic mass is 9.88. The summed E-state index contributed by atoms with van der Waals surface area (Å²) in [5, 5.41) is 11.1. The fourth-order valence-electron chi connectivity index (χ4n) is 6.75. The van der Waals surface area contributed by atoms with Gasteiger partial charge in [-0.15, -0.1) is 0 Å². The molecule has 0 spiro atoms. The number of likely N-dealkylation sites (N-methyl/N-ethyl adjacent to an activating group) is 1. The Morgan fingerprint density at radius 2 is 1.86 bits per heavy atom. The van der Waals surface area contributed by atoms with Crippen molar-refractivity contribution in [3.63, 3.8) is 0 Å². The molecule has 36 heavy (non-hydrogen) atoms.